The SMILES string of the molecule is CCc1nc2c(Cl)cccn2c1C(=O)NCc1ccc(N2CCC(c3ccc(F)cc3)CC2)cc1. The van der Waals surface area contributed by atoms with E-state index in [2.05, 4.69) is 39.5 Å². The highest BCUT2D eigenvalue weighted by atomic mass is 35.5. The summed E-state index contributed by atoms with van der Waals surface area (Å²) in [6.45, 7) is 4.35. The van der Waals surface area contributed by atoms with E-state index in [0.717, 1.165) is 37.2 Å². The molecule has 1 fully saturated rings. The number of nitrogens with one attached hydrogen (secondary N) is 1. The van der Waals surface area contributed by atoms with E-state index >= 15 is 0 Å². The van der Waals surface area contributed by atoms with Gasteiger partial charge in [-0.25, -0.2) is 9.37 Å². The van der Waals surface area contributed by atoms with Crippen molar-refractivity contribution in [1.29, 1.82) is 0 Å². The zero-order valence-corrected chi connectivity index (χ0v) is 20.4. The molecule has 1 aliphatic heterocycles. The molecule has 5 rings (SSSR count). The molecule has 0 bridgehead atoms. The minimum absolute atomic E-state index is 0.163. The van der Waals surface area contributed by atoms with E-state index in [-0.39, 0.29) is 11.7 Å². The number of hydrogen-bond donors (Lipinski definition) is 1. The number of benzene rings is 2. The zero-order valence-electron chi connectivity index (χ0n) is 19.7. The minimum Gasteiger partial charge on any atom is -0.371 e. The van der Waals surface area contributed by atoms with E-state index in [0.29, 0.717) is 35.2 Å². The summed E-state index contributed by atoms with van der Waals surface area (Å²) in [5, 5.41) is 3.56. The molecule has 180 valence electrons. The second kappa shape index (κ2) is 10.1. The fourth-order valence-electron chi connectivity index (χ4n) is 4.86. The van der Waals surface area contributed by atoms with Crippen LogP contribution in [-0.2, 0) is 13.0 Å². The first-order valence-corrected chi connectivity index (χ1v) is 12.4. The number of rotatable bonds is 6. The number of aryl methyl sites for hydroxylation is 1. The van der Waals surface area contributed by atoms with Crippen molar-refractivity contribution in [1.82, 2.24) is 14.7 Å². The lowest BCUT2D eigenvalue weighted by atomic mass is 9.89. The van der Waals surface area contributed by atoms with Crippen molar-refractivity contribution in [3.8, 4) is 0 Å². The van der Waals surface area contributed by atoms with Crippen molar-refractivity contribution in [2.24, 2.45) is 0 Å². The Morgan fingerprint density at radius 3 is 2.49 bits per heavy atom. The topological polar surface area (TPSA) is 49.6 Å². The van der Waals surface area contributed by atoms with E-state index in [9.17, 15) is 9.18 Å². The number of halogens is 2. The molecule has 1 aliphatic rings. The summed E-state index contributed by atoms with van der Waals surface area (Å²) in [6.07, 6.45) is 4.56. The predicted molar refractivity (Wildman–Crippen MR) is 138 cm³/mol. The number of anilines is 1. The van der Waals surface area contributed by atoms with E-state index < -0.39 is 0 Å². The van der Waals surface area contributed by atoms with E-state index in [1.54, 1.807) is 22.6 Å². The van der Waals surface area contributed by atoms with Crippen molar-refractivity contribution >= 4 is 28.8 Å². The van der Waals surface area contributed by atoms with Gasteiger partial charge >= 0.3 is 0 Å². The average Bonchev–Trinajstić information content (AvgIpc) is 3.28. The molecule has 35 heavy (non-hydrogen) atoms. The number of hydrogen-bond acceptors (Lipinski definition) is 3. The van der Waals surface area contributed by atoms with Crippen LogP contribution >= 0.6 is 11.6 Å². The van der Waals surface area contributed by atoms with E-state index in [1.807, 2.05) is 31.3 Å². The lowest BCUT2D eigenvalue weighted by Gasteiger charge is -2.34. The molecule has 5 nitrogen and oxygen atoms in total. The third-order valence-corrected chi connectivity index (χ3v) is 7.11. The number of carbonyl (C=O) groups is 1. The number of fused-ring (bicyclic) bond motifs is 1. The van der Waals surface area contributed by atoms with Crippen LogP contribution in [0.25, 0.3) is 5.65 Å². The Kier molecular flexibility index (Phi) is 6.73. The Morgan fingerprint density at radius 1 is 1.09 bits per heavy atom. The van der Waals surface area contributed by atoms with Crippen molar-refractivity contribution < 1.29 is 9.18 Å². The fraction of sp³-hybridized carbons (Fsp3) is 0.286. The van der Waals surface area contributed by atoms with Crippen LogP contribution in [0, 0.1) is 5.82 Å². The maximum absolute atomic E-state index is 13.2. The standard InChI is InChI=1S/C28H28ClFN4O/c1-2-25-26(34-15-3-4-24(29)27(34)32-25)28(35)31-18-19-5-11-23(12-6-19)33-16-13-21(14-17-33)20-7-9-22(30)10-8-20/h3-12,15,21H,2,13-14,16-18H2,1H3,(H,31,35). The molecule has 4 aromatic rings. The van der Waals surface area contributed by atoms with Gasteiger partial charge in [0.1, 0.15) is 11.5 Å². The summed E-state index contributed by atoms with van der Waals surface area (Å²) in [4.78, 5) is 20.0. The van der Waals surface area contributed by atoms with Crippen LogP contribution in [0.2, 0.25) is 5.02 Å². The van der Waals surface area contributed by atoms with Crippen LogP contribution in [0.5, 0.6) is 0 Å². The molecular weight excluding hydrogens is 463 g/mol. The largest absolute Gasteiger partial charge is 0.371 e. The van der Waals surface area contributed by atoms with Crippen LogP contribution in [-0.4, -0.2) is 28.4 Å². The number of imidazole rings is 1. The van der Waals surface area contributed by atoms with Gasteiger partial charge in [-0.3, -0.25) is 9.20 Å². The van der Waals surface area contributed by atoms with Crippen molar-refractivity contribution in [2.45, 2.75) is 38.6 Å². The van der Waals surface area contributed by atoms with Gasteiger partial charge in [0.05, 0.1) is 10.7 Å². The first kappa shape index (κ1) is 23.4. The van der Waals surface area contributed by atoms with Gasteiger partial charge in [0.2, 0.25) is 0 Å². The van der Waals surface area contributed by atoms with Gasteiger partial charge in [0.15, 0.2) is 5.65 Å². The van der Waals surface area contributed by atoms with Crippen molar-refractivity contribution in [3.05, 3.63) is 100 Å². The Balaban J connectivity index is 1.20. The molecule has 7 heteroatoms. The van der Waals surface area contributed by atoms with Crippen LogP contribution < -0.4 is 10.2 Å². The summed E-state index contributed by atoms with van der Waals surface area (Å²) < 4.78 is 15.0. The van der Waals surface area contributed by atoms with Gasteiger partial charge in [-0.05, 0) is 72.7 Å². The van der Waals surface area contributed by atoms with Gasteiger partial charge in [-0.2, -0.15) is 0 Å². The van der Waals surface area contributed by atoms with Crippen LogP contribution in [0.15, 0.2) is 66.9 Å². The van der Waals surface area contributed by atoms with E-state index in [4.69, 9.17) is 11.6 Å². The molecule has 1 N–H and O–H groups in total. The zero-order chi connectivity index (χ0) is 24.4. The number of nitrogens with zero attached hydrogens (tertiary/aromatic N) is 3. The number of amides is 1. The van der Waals surface area contributed by atoms with Gasteiger partial charge in [0, 0.05) is 31.5 Å². The van der Waals surface area contributed by atoms with Gasteiger partial charge in [-0.1, -0.05) is 42.8 Å². The number of aromatic nitrogens is 2. The lowest BCUT2D eigenvalue weighted by molar-refractivity contribution is 0.0944. The first-order valence-electron chi connectivity index (χ1n) is 12.1. The summed E-state index contributed by atoms with van der Waals surface area (Å²) >= 11 is 6.27. The Hall–Kier alpha value is -3.38. The molecule has 2 aromatic carbocycles. The normalized spacial score (nSPS) is 14.4. The van der Waals surface area contributed by atoms with E-state index in [1.165, 1.54) is 11.3 Å². The number of piperidine rings is 1. The summed E-state index contributed by atoms with van der Waals surface area (Å²) in [5.74, 6) is 0.128. The second-order valence-electron chi connectivity index (χ2n) is 8.97. The smallest absolute Gasteiger partial charge is 0.270 e. The van der Waals surface area contributed by atoms with Crippen molar-refractivity contribution in [2.75, 3.05) is 18.0 Å². The number of carbonyl (C=O) groups excluding carboxylic acids is 1. The highest BCUT2D eigenvalue weighted by Crippen LogP contribution is 2.30. The third-order valence-electron chi connectivity index (χ3n) is 6.82. The van der Waals surface area contributed by atoms with Gasteiger partial charge in [-0.15, -0.1) is 0 Å². The molecular formula is C28H28ClFN4O. The number of pyridine rings is 1. The van der Waals surface area contributed by atoms with Crippen LogP contribution in [0.3, 0.4) is 0 Å². The molecule has 3 heterocycles. The molecule has 0 spiro atoms. The minimum atomic E-state index is -0.184. The molecule has 0 atom stereocenters. The molecule has 0 aliphatic carbocycles. The average molecular weight is 491 g/mol. The predicted octanol–water partition coefficient (Wildman–Crippen LogP) is 6.00. The highest BCUT2D eigenvalue weighted by Gasteiger charge is 2.21. The maximum atomic E-state index is 13.2. The maximum Gasteiger partial charge on any atom is 0.270 e. The summed E-state index contributed by atoms with van der Waals surface area (Å²) in [6, 6.07) is 18.9. The lowest BCUT2D eigenvalue weighted by Crippen LogP contribution is -2.32. The Labute approximate surface area is 209 Å². The molecule has 0 unspecified atom stereocenters. The fourth-order valence-corrected chi connectivity index (χ4v) is 5.07. The molecule has 0 radical (unpaired) electrons. The molecule has 0 saturated carbocycles. The third kappa shape index (κ3) is 4.89. The van der Waals surface area contributed by atoms with Crippen LogP contribution in [0.4, 0.5) is 10.1 Å². The summed E-state index contributed by atoms with van der Waals surface area (Å²) in [5.41, 5.74) is 5.30. The van der Waals surface area contributed by atoms with Crippen LogP contribution in [0.1, 0.15) is 53.0 Å². The molecule has 1 saturated heterocycles. The Bertz CT molecular complexity index is 1330. The van der Waals surface area contributed by atoms with Gasteiger partial charge < -0.3 is 10.2 Å². The second-order valence-corrected chi connectivity index (χ2v) is 9.38. The van der Waals surface area contributed by atoms with Crippen molar-refractivity contribution in [3.63, 3.8) is 0 Å². The monoisotopic (exact) mass is 490 g/mol. The Morgan fingerprint density at radius 2 is 1.80 bits per heavy atom. The first-order chi connectivity index (χ1) is 17.0. The summed E-state index contributed by atoms with van der Waals surface area (Å²) in [7, 11) is 0. The quantitative estimate of drug-likeness (QED) is 0.360. The highest BCUT2D eigenvalue weighted by molar-refractivity contribution is 6.33. The van der Waals surface area contributed by atoms with Gasteiger partial charge in [0.25, 0.3) is 5.91 Å². The molecule has 1 amide bonds. The molecule has 2 aromatic heterocycles.